The van der Waals surface area contributed by atoms with E-state index in [4.69, 9.17) is 0 Å². The Labute approximate surface area is 134 Å². The number of hydroxylamine groups is 2. The highest BCUT2D eigenvalue weighted by Crippen LogP contribution is 2.33. The molecule has 0 aliphatic carbocycles. The van der Waals surface area contributed by atoms with Crippen LogP contribution in [0.25, 0.3) is 0 Å². The number of benzene rings is 1. The molecule has 1 aliphatic rings. The van der Waals surface area contributed by atoms with Crippen molar-refractivity contribution >= 4 is 5.91 Å². The number of carbonyl (C=O) groups is 1. The number of rotatable bonds is 8. The molecular formula is C19H29NO2. The summed E-state index contributed by atoms with van der Waals surface area (Å²) in [5, 5.41) is 11.0. The lowest BCUT2D eigenvalue weighted by atomic mass is 9.84. The molecule has 1 fully saturated rings. The molecule has 1 aliphatic heterocycles. The molecule has 0 radical (unpaired) electrons. The SMILES string of the molecule is CCCCCCCC[C@H]1C[C@H](c2ccccc2)CC(=O)N1O. The molecule has 1 N–H and O–H groups in total. The molecule has 0 aromatic heterocycles. The van der Waals surface area contributed by atoms with Gasteiger partial charge in [0, 0.05) is 6.42 Å². The minimum absolute atomic E-state index is 0.0161. The molecule has 0 saturated carbocycles. The topological polar surface area (TPSA) is 40.5 Å². The van der Waals surface area contributed by atoms with Crippen LogP contribution in [0, 0.1) is 0 Å². The van der Waals surface area contributed by atoms with E-state index in [9.17, 15) is 10.0 Å². The van der Waals surface area contributed by atoms with Crippen molar-refractivity contribution in [3.8, 4) is 0 Å². The Kier molecular flexibility index (Phi) is 6.91. The van der Waals surface area contributed by atoms with E-state index in [1.54, 1.807) is 0 Å². The van der Waals surface area contributed by atoms with Gasteiger partial charge >= 0.3 is 0 Å². The first-order valence-corrected chi connectivity index (χ1v) is 8.78. The highest BCUT2D eigenvalue weighted by atomic mass is 16.5. The predicted octanol–water partition coefficient (Wildman–Crippen LogP) is 4.90. The van der Waals surface area contributed by atoms with Gasteiger partial charge in [-0.25, -0.2) is 5.06 Å². The third-order valence-electron chi connectivity index (χ3n) is 4.74. The number of unbranched alkanes of at least 4 members (excludes halogenated alkanes) is 5. The second-order valence-electron chi connectivity index (χ2n) is 6.50. The van der Waals surface area contributed by atoms with Crippen LogP contribution in [0.3, 0.4) is 0 Å². The van der Waals surface area contributed by atoms with E-state index in [2.05, 4.69) is 19.1 Å². The first-order valence-electron chi connectivity index (χ1n) is 8.78. The second kappa shape index (κ2) is 8.94. The maximum atomic E-state index is 12.0. The molecule has 3 heteroatoms. The zero-order chi connectivity index (χ0) is 15.8. The van der Waals surface area contributed by atoms with Crippen LogP contribution in [0.5, 0.6) is 0 Å². The molecule has 0 bridgehead atoms. The van der Waals surface area contributed by atoms with Crippen molar-refractivity contribution in [2.75, 3.05) is 0 Å². The lowest BCUT2D eigenvalue weighted by Gasteiger charge is -2.35. The smallest absolute Gasteiger partial charge is 0.246 e. The summed E-state index contributed by atoms with van der Waals surface area (Å²) >= 11 is 0. The largest absolute Gasteiger partial charge is 0.286 e. The van der Waals surface area contributed by atoms with Crippen molar-refractivity contribution in [1.82, 2.24) is 5.06 Å². The highest BCUT2D eigenvalue weighted by molar-refractivity contribution is 5.77. The summed E-state index contributed by atoms with van der Waals surface area (Å²) in [6.45, 7) is 2.22. The summed E-state index contributed by atoms with van der Waals surface area (Å²) in [7, 11) is 0. The summed E-state index contributed by atoms with van der Waals surface area (Å²) in [6, 6.07) is 10.2. The third-order valence-corrected chi connectivity index (χ3v) is 4.74. The molecule has 22 heavy (non-hydrogen) atoms. The first kappa shape index (κ1) is 17.0. The predicted molar refractivity (Wildman–Crippen MR) is 88.8 cm³/mol. The van der Waals surface area contributed by atoms with Gasteiger partial charge in [-0.15, -0.1) is 0 Å². The van der Waals surface area contributed by atoms with E-state index >= 15 is 0 Å². The van der Waals surface area contributed by atoms with Gasteiger partial charge in [-0.05, 0) is 24.3 Å². The fourth-order valence-corrected chi connectivity index (χ4v) is 3.40. The van der Waals surface area contributed by atoms with Crippen LogP contribution in [-0.4, -0.2) is 22.2 Å². The van der Waals surface area contributed by atoms with Crippen LogP contribution in [0.2, 0.25) is 0 Å². The summed E-state index contributed by atoms with van der Waals surface area (Å²) in [6.07, 6.45) is 9.66. The van der Waals surface area contributed by atoms with E-state index in [-0.39, 0.29) is 17.9 Å². The van der Waals surface area contributed by atoms with Gasteiger partial charge in [-0.2, -0.15) is 0 Å². The average molecular weight is 303 g/mol. The molecule has 1 aromatic carbocycles. The van der Waals surface area contributed by atoms with Crippen LogP contribution in [0.15, 0.2) is 30.3 Å². The minimum Gasteiger partial charge on any atom is -0.286 e. The highest BCUT2D eigenvalue weighted by Gasteiger charge is 2.33. The lowest BCUT2D eigenvalue weighted by Crippen LogP contribution is -2.43. The Bertz CT molecular complexity index is 446. The maximum absolute atomic E-state index is 12.0. The Morgan fingerprint density at radius 1 is 1.09 bits per heavy atom. The fraction of sp³-hybridized carbons (Fsp3) is 0.632. The zero-order valence-electron chi connectivity index (χ0n) is 13.7. The first-order chi connectivity index (χ1) is 10.7. The number of nitrogens with zero attached hydrogens (tertiary/aromatic N) is 1. The number of hydrogen-bond acceptors (Lipinski definition) is 2. The van der Waals surface area contributed by atoms with E-state index < -0.39 is 0 Å². The van der Waals surface area contributed by atoms with E-state index in [1.807, 2.05) is 18.2 Å². The van der Waals surface area contributed by atoms with Gasteiger partial charge in [0.05, 0.1) is 6.04 Å². The number of carbonyl (C=O) groups excluding carboxylic acids is 1. The van der Waals surface area contributed by atoms with Gasteiger partial charge in [-0.1, -0.05) is 75.8 Å². The van der Waals surface area contributed by atoms with Gasteiger partial charge in [0.15, 0.2) is 0 Å². The Hall–Kier alpha value is -1.35. The van der Waals surface area contributed by atoms with Crippen LogP contribution < -0.4 is 0 Å². The van der Waals surface area contributed by atoms with Crippen molar-refractivity contribution < 1.29 is 10.0 Å². The molecule has 1 amide bonds. The molecule has 1 saturated heterocycles. The minimum atomic E-state index is -0.129. The molecule has 2 rings (SSSR count). The summed E-state index contributed by atoms with van der Waals surface area (Å²) in [5.74, 6) is 0.123. The quantitative estimate of drug-likeness (QED) is 0.548. The number of amides is 1. The van der Waals surface area contributed by atoms with Crippen molar-refractivity contribution in [3.63, 3.8) is 0 Å². The van der Waals surface area contributed by atoms with Gasteiger partial charge < -0.3 is 0 Å². The number of hydrogen-bond donors (Lipinski definition) is 1. The van der Waals surface area contributed by atoms with Gasteiger partial charge in [0.25, 0.3) is 0 Å². The van der Waals surface area contributed by atoms with Crippen LogP contribution >= 0.6 is 0 Å². The van der Waals surface area contributed by atoms with Crippen LogP contribution in [0.1, 0.15) is 76.2 Å². The van der Waals surface area contributed by atoms with E-state index in [0.29, 0.717) is 6.42 Å². The summed E-state index contributed by atoms with van der Waals surface area (Å²) in [4.78, 5) is 12.0. The van der Waals surface area contributed by atoms with Crippen LogP contribution in [0.4, 0.5) is 0 Å². The standard InChI is InChI=1S/C19H29NO2/c1-2-3-4-5-6-10-13-18-14-17(15-19(21)20(18)22)16-11-8-7-9-12-16/h7-9,11-12,17-18,22H,2-6,10,13-15H2,1H3/t17-,18-/m0/s1. The number of piperidine rings is 1. The van der Waals surface area contributed by atoms with Crippen molar-refractivity contribution in [1.29, 1.82) is 0 Å². The molecule has 0 unspecified atom stereocenters. The molecule has 1 heterocycles. The zero-order valence-corrected chi connectivity index (χ0v) is 13.7. The third kappa shape index (κ3) is 4.84. The lowest BCUT2D eigenvalue weighted by molar-refractivity contribution is -0.184. The molecule has 2 atom stereocenters. The van der Waals surface area contributed by atoms with Gasteiger partial charge in [0.1, 0.15) is 0 Å². The Morgan fingerprint density at radius 3 is 2.50 bits per heavy atom. The Morgan fingerprint density at radius 2 is 1.77 bits per heavy atom. The van der Waals surface area contributed by atoms with Crippen molar-refractivity contribution in [3.05, 3.63) is 35.9 Å². The maximum Gasteiger partial charge on any atom is 0.246 e. The normalized spacial score (nSPS) is 22.1. The molecule has 3 nitrogen and oxygen atoms in total. The van der Waals surface area contributed by atoms with Crippen LogP contribution in [-0.2, 0) is 4.79 Å². The summed E-state index contributed by atoms with van der Waals surface area (Å²) in [5.41, 5.74) is 1.22. The summed E-state index contributed by atoms with van der Waals surface area (Å²) < 4.78 is 0. The Balaban J connectivity index is 1.83. The molecular weight excluding hydrogens is 274 g/mol. The molecule has 1 aromatic rings. The van der Waals surface area contributed by atoms with E-state index in [1.165, 1.54) is 37.7 Å². The monoisotopic (exact) mass is 303 g/mol. The molecule has 122 valence electrons. The van der Waals surface area contributed by atoms with Crippen molar-refractivity contribution in [2.45, 2.75) is 76.7 Å². The van der Waals surface area contributed by atoms with Gasteiger partial charge in [-0.3, -0.25) is 10.0 Å². The average Bonchev–Trinajstić information content (AvgIpc) is 2.55. The molecule has 0 spiro atoms. The van der Waals surface area contributed by atoms with Crippen molar-refractivity contribution in [2.24, 2.45) is 0 Å². The van der Waals surface area contributed by atoms with E-state index in [0.717, 1.165) is 24.3 Å². The second-order valence-corrected chi connectivity index (χ2v) is 6.50. The van der Waals surface area contributed by atoms with Gasteiger partial charge in [0.2, 0.25) is 5.91 Å². The fourth-order valence-electron chi connectivity index (χ4n) is 3.40.